The van der Waals surface area contributed by atoms with Crippen LogP contribution in [0.1, 0.15) is 0 Å². The lowest BCUT2D eigenvalue weighted by atomic mass is 10.3. The van der Waals surface area contributed by atoms with Crippen LogP contribution < -0.4 is 4.72 Å². The third-order valence-corrected chi connectivity index (χ3v) is 4.67. The van der Waals surface area contributed by atoms with Gasteiger partial charge in [-0.3, -0.25) is 4.72 Å². The van der Waals surface area contributed by atoms with Crippen molar-refractivity contribution in [2.75, 3.05) is 4.72 Å². The number of hydrogen-bond acceptors (Lipinski definition) is 3. The summed E-state index contributed by atoms with van der Waals surface area (Å²) in [6.45, 7) is 0. The van der Waals surface area contributed by atoms with Crippen LogP contribution in [0.25, 0.3) is 0 Å². The monoisotopic (exact) mass is 351 g/mol. The smallest absolute Gasteiger partial charge is 0.279 e. The summed E-state index contributed by atoms with van der Waals surface area (Å²) in [4.78, 5) is -0.865. The first-order valence-electron chi connectivity index (χ1n) is 5.81. The van der Waals surface area contributed by atoms with E-state index in [1.54, 1.807) is 0 Å². The fraction of sp³-hybridized carbons (Fsp3) is 0.0769. The van der Waals surface area contributed by atoms with Gasteiger partial charge < -0.3 is 0 Å². The zero-order valence-corrected chi connectivity index (χ0v) is 12.4. The van der Waals surface area contributed by atoms with Gasteiger partial charge in [-0.2, -0.15) is 8.78 Å². The van der Waals surface area contributed by atoms with E-state index in [2.05, 4.69) is 0 Å². The average molecular weight is 351 g/mol. The maximum atomic E-state index is 13.5. The predicted octanol–water partition coefficient (Wildman–Crippen LogP) is 4.08. The lowest BCUT2D eigenvalue weighted by molar-refractivity contribution is 0.252. The van der Waals surface area contributed by atoms with Gasteiger partial charge in [-0.25, -0.2) is 17.2 Å². The molecule has 3 nitrogen and oxygen atoms in total. The molecule has 0 spiro atoms. The Hall–Kier alpha value is -1.74. The third kappa shape index (κ3) is 3.92. The number of hydrogen-bond donors (Lipinski definition) is 1. The second-order valence-electron chi connectivity index (χ2n) is 4.06. The van der Waals surface area contributed by atoms with Crippen LogP contribution in [-0.2, 0) is 10.0 Å². The van der Waals surface area contributed by atoms with Crippen LogP contribution in [0.5, 0.6) is 0 Å². The molecule has 118 valence electrons. The van der Waals surface area contributed by atoms with Gasteiger partial charge in [0.05, 0.1) is 0 Å². The van der Waals surface area contributed by atoms with E-state index in [0.717, 1.165) is 18.2 Å². The summed E-state index contributed by atoms with van der Waals surface area (Å²) in [6, 6.07) is 7.67. The Bertz CT molecular complexity index is 744. The minimum atomic E-state index is -4.47. The number of halogens is 4. The van der Waals surface area contributed by atoms with Gasteiger partial charge >= 0.3 is 0 Å². The Kier molecular flexibility index (Phi) is 4.97. The molecule has 0 aliphatic heterocycles. The van der Waals surface area contributed by atoms with Crippen LogP contribution in [-0.4, -0.2) is 14.2 Å². The number of thioether (sulfide) groups is 1. The number of rotatable bonds is 5. The summed E-state index contributed by atoms with van der Waals surface area (Å²) in [5.74, 6) is -5.05. The lowest BCUT2D eigenvalue weighted by Crippen LogP contribution is -2.16. The van der Waals surface area contributed by atoms with Crippen molar-refractivity contribution in [3.8, 4) is 0 Å². The maximum absolute atomic E-state index is 13.5. The van der Waals surface area contributed by atoms with E-state index in [1.165, 1.54) is 24.3 Å². The molecule has 0 radical (unpaired) electrons. The average Bonchev–Trinajstić information content (AvgIpc) is 2.39. The highest BCUT2D eigenvalue weighted by Crippen LogP contribution is 2.27. The first-order chi connectivity index (χ1) is 10.3. The van der Waals surface area contributed by atoms with Crippen molar-refractivity contribution in [1.82, 2.24) is 0 Å². The van der Waals surface area contributed by atoms with Crippen molar-refractivity contribution in [2.24, 2.45) is 0 Å². The molecule has 2 aromatic rings. The first kappa shape index (κ1) is 16.6. The quantitative estimate of drug-likeness (QED) is 0.652. The fourth-order valence-electron chi connectivity index (χ4n) is 1.65. The van der Waals surface area contributed by atoms with E-state index in [9.17, 15) is 26.0 Å². The van der Waals surface area contributed by atoms with Crippen molar-refractivity contribution >= 4 is 27.5 Å². The molecule has 0 saturated heterocycles. The van der Waals surface area contributed by atoms with E-state index in [-0.39, 0.29) is 10.6 Å². The molecular weight excluding hydrogens is 342 g/mol. The Morgan fingerprint density at radius 2 is 1.50 bits per heavy atom. The van der Waals surface area contributed by atoms with Crippen molar-refractivity contribution in [3.63, 3.8) is 0 Å². The molecule has 0 aliphatic rings. The highest BCUT2D eigenvalue weighted by Gasteiger charge is 2.23. The molecule has 1 N–H and O–H groups in total. The maximum Gasteiger partial charge on any atom is 0.288 e. The zero-order valence-electron chi connectivity index (χ0n) is 10.8. The van der Waals surface area contributed by atoms with Crippen LogP contribution in [0.3, 0.4) is 0 Å². The summed E-state index contributed by atoms with van der Waals surface area (Å²) in [6.07, 6.45) is 0. The molecule has 0 saturated carbocycles. The van der Waals surface area contributed by atoms with E-state index in [0.29, 0.717) is 11.8 Å². The van der Waals surface area contributed by atoms with Gasteiger partial charge in [0.2, 0.25) is 0 Å². The van der Waals surface area contributed by atoms with Crippen LogP contribution in [0.2, 0.25) is 0 Å². The second-order valence-corrected chi connectivity index (χ2v) is 6.74. The standard InChI is InChI=1S/C13H9F4NO2S2/c14-10-2-1-3-11(15)12(10)22(19,20)18-8-4-6-9(7-5-8)21-13(16)17/h1-7,13,18H. The molecule has 0 fully saturated rings. The van der Waals surface area contributed by atoms with E-state index < -0.39 is 32.3 Å². The largest absolute Gasteiger partial charge is 0.288 e. The van der Waals surface area contributed by atoms with Gasteiger partial charge in [-0.15, -0.1) is 0 Å². The van der Waals surface area contributed by atoms with Crippen molar-refractivity contribution in [1.29, 1.82) is 0 Å². The zero-order chi connectivity index (χ0) is 16.3. The van der Waals surface area contributed by atoms with Gasteiger partial charge in [-0.05, 0) is 36.4 Å². The van der Waals surface area contributed by atoms with Gasteiger partial charge in [0.25, 0.3) is 15.8 Å². The molecule has 0 aliphatic carbocycles. The van der Waals surface area contributed by atoms with Crippen LogP contribution in [0.15, 0.2) is 52.3 Å². The van der Waals surface area contributed by atoms with Crippen molar-refractivity contribution in [2.45, 2.75) is 15.5 Å². The van der Waals surface area contributed by atoms with E-state index in [1.807, 2.05) is 4.72 Å². The van der Waals surface area contributed by atoms with E-state index in [4.69, 9.17) is 0 Å². The molecule has 0 aromatic heterocycles. The van der Waals surface area contributed by atoms with E-state index >= 15 is 0 Å². The fourth-order valence-corrected chi connectivity index (χ4v) is 3.35. The number of sulfonamides is 1. The van der Waals surface area contributed by atoms with Gasteiger partial charge in [0.15, 0.2) is 4.90 Å². The Balaban J connectivity index is 2.26. The topological polar surface area (TPSA) is 46.2 Å². The molecule has 0 heterocycles. The Morgan fingerprint density at radius 3 is 2.00 bits per heavy atom. The summed E-state index contributed by atoms with van der Waals surface area (Å²) < 4.78 is 77.3. The molecule has 0 amide bonds. The molecule has 0 unspecified atom stereocenters. The number of nitrogens with one attached hydrogen (secondary N) is 1. The molecular formula is C13H9F4NO2S2. The molecule has 22 heavy (non-hydrogen) atoms. The molecule has 0 bridgehead atoms. The van der Waals surface area contributed by atoms with Crippen molar-refractivity contribution < 1.29 is 26.0 Å². The van der Waals surface area contributed by atoms with Crippen molar-refractivity contribution in [3.05, 3.63) is 54.1 Å². The lowest BCUT2D eigenvalue weighted by Gasteiger charge is -2.10. The van der Waals surface area contributed by atoms with Gasteiger partial charge in [0.1, 0.15) is 11.6 Å². The highest BCUT2D eigenvalue weighted by atomic mass is 32.2. The second kappa shape index (κ2) is 6.57. The molecule has 0 atom stereocenters. The predicted molar refractivity (Wildman–Crippen MR) is 75.5 cm³/mol. The SMILES string of the molecule is O=S(=O)(Nc1ccc(SC(F)F)cc1)c1c(F)cccc1F. The Labute approximate surface area is 128 Å². The normalized spacial score (nSPS) is 11.7. The molecule has 9 heteroatoms. The third-order valence-electron chi connectivity index (χ3n) is 2.52. The van der Waals surface area contributed by atoms with Gasteiger partial charge in [0, 0.05) is 10.6 Å². The van der Waals surface area contributed by atoms with Crippen LogP contribution in [0, 0.1) is 11.6 Å². The highest BCUT2D eigenvalue weighted by molar-refractivity contribution is 7.99. The summed E-state index contributed by atoms with van der Waals surface area (Å²) in [7, 11) is -4.47. The number of benzene rings is 2. The number of alkyl halides is 2. The summed E-state index contributed by atoms with van der Waals surface area (Å²) in [5, 5.41) is 0. The molecule has 2 rings (SSSR count). The number of anilines is 1. The first-order valence-corrected chi connectivity index (χ1v) is 8.17. The van der Waals surface area contributed by atoms with Crippen LogP contribution in [0.4, 0.5) is 23.2 Å². The summed E-state index contributed by atoms with van der Waals surface area (Å²) >= 11 is 0.296. The Morgan fingerprint density at radius 1 is 0.955 bits per heavy atom. The summed E-state index contributed by atoms with van der Waals surface area (Å²) in [5.41, 5.74) is 0.00118. The van der Waals surface area contributed by atoms with Gasteiger partial charge in [-0.1, -0.05) is 17.8 Å². The molecule has 2 aromatic carbocycles. The minimum Gasteiger partial charge on any atom is -0.279 e. The minimum absolute atomic E-state index is 0.00118. The van der Waals surface area contributed by atoms with Crippen LogP contribution >= 0.6 is 11.8 Å².